The van der Waals surface area contributed by atoms with E-state index in [4.69, 9.17) is 9.97 Å². The van der Waals surface area contributed by atoms with Crippen molar-refractivity contribution in [2.75, 3.05) is 0 Å². The number of benzene rings is 3. The third-order valence-corrected chi connectivity index (χ3v) is 18.0. The molecule has 9 aromatic rings. The van der Waals surface area contributed by atoms with Crippen LogP contribution in [-0.2, 0) is 10.8 Å². The summed E-state index contributed by atoms with van der Waals surface area (Å²) in [6.45, 7) is 13.8. The standard InChI is InChI=1S/C56H52N6/c1-55(2,3)43-21-37-49-41(17-33(23-57)45-29-9-25-7-26(10-29)14-31(13-25)47(45)49)61-39-20-36-40(19-35(39)51(59-43)53(37)61)62-42-18-34(24-58)46-30-11-27-8-28(12-30)16-32(15-27)48(46)50(42)38-22-44(56(4,5)6)60-52(36)54(38)62/h17-22,25-32H,7-16H2,1-6H3. The van der Waals surface area contributed by atoms with Gasteiger partial charge in [0.05, 0.1) is 67.4 Å². The van der Waals surface area contributed by atoms with Gasteiger partial charge in [0.2, 0.25) is 0 Å². The highest BCUT2D eigenvalue weighted by Gasteiger charge is 2.46. The number of hydrogen-bond acceptors (Lipinski definition) is 4. The van der Waals surface area contributed by atoms with Gasteiger partial charge < -0.3 is 8.80 Å². The van der Waals surface area contributed by atoms with Crippen LogP contribution in [-0.4, -0.2) is 18.8 Å². The molecule has 17 rings (SSSR count). The third-order valence-electron chi connectivity index (χ3n) is 18.0. The van der Waals surface area contributed by atoms with Gasteiger partial charge in [0, 0.05) is 54.5 Å². The summed E-state index contributed by atoms with van der Waals surface area (Å²) in [6, 6.07) is 19.8. The van der Waals surface area contributed by atoms with E-state index in [0.717, 1.165) is 79.0 Å². The largest absolute Gasteiger partial charge is 0.306 e. The first kappa shape index (κ1) is 35.1. The molecule has 4 fully saturated rings. The minimum absolute atomic E-state index is 0.157. The molecule has 306 valence electrons. The maximum atomic E-state index is 11.0. The summed E-state index contributed by atoms with van der Waals surface area (Å²) in [5.74, 6) is 5.04. The monoisotopic (exact) mass is 808 g/mol. The van der Waals surface area contributed by atoms with Crippen LogP contribution in [0.2, 0.25) is 0 Å². The molecule has 6 heterocycles. The highest BCUT2D eigenvalue weighted by molar-refractivity contribution is 6.28. The van der Waals surface area contributed by atoms with Crippen molar-refractivity contribution >= 4 is 76.5 Å². The lowest BCUT2D eigenvalue weighted by molar-refractivity contribution is 0.166. The highest BCUT2D eigenvalue weighted by Crippen LogP contribution is 2.61. The van der Waals surface area contributed by atoms with E-state index in [1.165, 1.54) is 130 Å². The molecule has 6 heteroatoms. The lowest BCUT2D eigenvalue weighted by Gasteiger charge is -2.38. The molecular weight excluding hydrogens is 757 g/mol. The number of nitrogens with zero attached hydrogens (tertiary/aromatic N) is 6. The van der Waals surface area contributed by atoms with Crippen molar-refractivity contribution < 1.29 is 0 Å². The Morgan fingerprint density at radius 3 is 1.15 bits per heavy atom. The topological polar surface area (TPSA) is 82.2 Å². The first-order valence-corrected chi connectivity index (χ1v) is 24.0. The van der Waals surface area contributed by atoms with Gasteiger partial charge in [-0.15, -0.1) is 0 Å². The number of nitriles is 2. The van der Waals surface area contributed by atoms with Crippen LogP contribution in [0.4, 0.5) is 0 Å². The first-order valence-electron chi connectivity index (χ1n) is 24.0. The number of hydrogen-bond donors (Lipinski definition) is 0. The average Bonchev–Trinajstić information content (AvgIpc) is 3.87. The summed E-state index contributed by atoms with van der Waals surface area (Å²) < 4.78 is 5.00. The molecule has 8 bridgehead atoms. The molecule has 8 aliphatic carbocycles. The fraction of sp³-hybridized carbons (Fsp3) is 0.464. The van der Waals surface area contributed by atoms with Crippen molar-refractivity contribution in [1.29, 1.82) is 10.5 Å². The average molecular weight is 809 g/mol. The molecule has 6 aromatic heterocycles. The van der Waals surface area contributed by atoms with E-state index < -0.39 is 0 Å². The molecule has 4 unspecified atom stereocenters. The molecule has 0 spiro atoms. The molecule has 6 nitrogen and oxygen atoms in total. The number of aromatic nitrogens is 4. The van der Waals surface area contributed by atoms with Gasteiger partial charge in [0.25, 0.3) is 0 Å². The lowest BCUT2D eigenvalue weighted by Crippen LogP contribution is -2.25. The van der Waals surface area contributed by atoms with Crippen molar-refractivity contribution in [3.05, 3.63) is 81.2 Å². The van der Waals surface area contributed by atoms with Crippen LogP contribution in [0.5, 0.6) is 0 Å². The molecule has 4 atom stereocenters. The molecule has 3 aromatic carbocycles. The van der Waals surface area contributed by atoms with Crippen LogP contribution in [0, 0.1) is 46.3 Å². The van der Waals surface area contributed by atoms with Gasteiger partial charge in [-0.05, 0) is 170 Å². The van der Waals surface area contributed by atoms with Gasteiger partial charge >= 0.3 is 0 Å². The zero-order chi connectivity index (χ0) is 41.6. The maximum absolute atomic E-state index is 11.0. The number of pyridine rings is 2. The van der Waals surface area contributed by atoms with Gasteiger partial charge in [-0.2, -0.15) is 10.5 Å². The van der Waals surface area contributed by atoms with Gasteiger partial charge in [0.1, 0.15) is 0 Å². The maximum Gasteiger partial charge on any atom is 0.0995 e. The second-order valence-corrected chi connectivity index (χ2v) is 23.7. The Morgan fingerprint density at radius 1 is 0.452 bits per heavy atom. The molecular formula is C56H52N6. The van der Waals surface area contributed by atoms with Crippen LogP contribution >= 0.6 is 0 Å². The van der Waals surface area contributed by atoms with E-state index in [1.807, 2.05) is 0 Å². The molecule has 0 amide bonds. The molecule has 62 heavy (non-hydrogen) atoms. The van der Waals surface area contributed by atoms with Crippen molar-refractivity contribution in [3.8, 4) is 12.1 Å². The highest BCUT2D eigenvalue weighted by atomic mass is 15.0. The zero-order valence-corrected chi connectivity index (χ0v) is 36.8. The second kappa shape index (κ2) is 11.0. The molecule has 0 N–H and O–H groups in total. The summed E-state index contributed by atoms with van der Waals surface area (Å²) in [6.07, 6.45) is 12.7. The predicted octanol–water partition coefficient (Wildman–Crippen LogP) is 13.9. The van der Waals surface area contributed by atoms with E-state index in [1.54, 1.807) is 0 Å². The van der Waals surface area contributed by atoms with E-state index in [0.29, 0.717) is 23.7 Å². The van der Waals surface area contributed by atoms with Crippen molar-refractivity contribution in [2.24, 2.45) is 23.7 Å². The summed E-state index contributed by atoms with van der Waals surface area (Å²) in [5, 5.41) is 29.7. The Morgan fingerprint density at radius 2 is 0.806 bits per heavy atom. The normalized spacial score (nSPS) is 27.8. The Kier molecular flexibility index (Phi) is 6.22. The van der Waals surface area contributed by atoms with Crippen LogP contribution in [0.3, 0.4) is 0 Å². The Balaban J connectivity index is 1.13. The molecule has 0 aliphatic heterocycles. The Bertz CT molecular complexity index is 3370. The van der Waals surface area contributed by atoms with Crippen LogP contribution < -0.4 is 0 Å². The lowest BCUT2D eigenvalue weighted by atomic mass is 9.67. The van der Waals surface area contributed by atoms with Gasteiger partial charge in [-0.3, -0.25) is 0 Å². The van der Waals surface area contributed by atoms with E-state index in [9.17, 15) is 10.5 Å². The van der Waals surface area contributed by atoms with Crippen LogP contribution in [0.25, 0.3) is 76.5 Å². The quantitative estimate of drug-likeness (QED) is 0.153. The molecule has 0 saturated heterocycles. The van der Waals surface area contributed by atoms with Crippen molar-refractivity contribution in [1.82, 2.24) is 18.8 Å². The summed E-state index contributed by atoms with van der Waals surface area (Å²) in [7, 11) is 0. The predicted molar refractivity (Wildman–Crippen MR) is 249 cm³/mol. The fourth-order valence-electron chi connectivity index (χ4n) is 16.0. The number of fused-ring (bicyclic) bond motifs is 12. The van der Waals surface area contributed by atoms with E-state index in [2.05, 4.69) is 98.9 Å². The fourth-order valence-corrected chi connectivity index (χ4v) is 16.0. The summed E-state index contributed by atoms with van der Waals surface area (Å²) in [4.78, 5) is 11.3. The minimum Gasteiger partial charge on any atom is -0.306 e. The first-order chi connectivity index (χ1) is 29.8. The van der Waals surface area contributed by atoms with E-state index in [-0.39, 0.29) is 10.8 Å². The minimum atomic E-state index is -0.157. The molecule has 4 saturated carbocycles. The Hall–Kier alpha value is -5.46. The van der Waals surface area contributed by atoms with Gasteiger partial charge in [0.15, 0.2) is 0 Å². The Labute approximate surface area is 361 Å². The summed E-state index contributed by atoms with van der Waals surface area (Å²) in [5.41, 5.74) is 18.6. The van der Waals surface area contributed by atoms with Gasteiger partial charge in [-0.1, -0.05) is 41.5 Å². The third kappa shape index (κ3) is 4.13. The second-order valence-electron chi connectivity index (χ2n) is 23.7. The van der Waals surface area contributed by atoms with Crippen molar-refractivity contribution in [3.63, 3.8) is 0 Å². The van der Waals surface area contributed by atoms with Crippen LogP contribution in [0.1, 0.15) is 174 Å². The zero-order valence-electron chi connectivity index (χ0n) is 36.8. The molecule has 0 radical (unpaired) electrons. The number of rotatable bonds is 0. The van der Waals surface area contributed by atoms with Crippen molar-refractivity contribution in [2.45, 2.75) is 140 Å². The van der Waals surface area contributed by atoms with Crippen LogP contribution in [0.15, 0.2) is 36.4 Å². The SMILES string of the molecule is CC(C)(C)c1cc2c3c4c(c(C#N)cc3n3c5cc6c7nc(C(C)(C)C)cc8c9c%10c(c(C#N)cc9n(c6cc5c(n1)c23)c87)C1CC2CC(C1)CC%10C2)C1CC2CC(C1)CC4C2. The van der Waals surface area contributed by atoms with E-state index >= 15 is 0 Å². The molecule has 8 aliphatic rings. The smallest absolute Gasteiger partial charge is 0.0995 e. The van der Waals surface area contributed by atoms with Gasteiger partial charge in [-0.25, -0.2) is 9.97 Å². The summed E-state index contributed by atoms with van der Waals surface area (Å²) >= 11 is 0.